The summed E-state index contributed by atoms with van der Waals surface area (Å²) in [6.07, 6.45) is 5.92. The molecule has 0 atom stereocenters. The molecule has 1 spiro atoms. The number of hydrogen-bond acceptors (Lipinski definition) is 3. The summed E-state index contributed by atoms with van der Waals surface area (Å²) in [5.41, 5.74) is 6.40. The molecule has 0 N–H and O–H groups in total. The van der Waals surface area contributed by atoms with Crippen LogP contribution in [0.3, 0.4) is 0 Å². The van der Waals surface area contributed by atoms with Crippen LogP contribution in [0.15, 0.2) is 60.1 Å². The topological polar surface area (TPSA) is 24.3 Å². The van der Waals surface area contributed by atoms with Crippen LogP contribution in [0, 0.1) is 11.3 Å². The SMILES string of the molecule is C=C(C(C)C)N1CC2(C1)C(=C)N(Cc1nc(CCC)c(CC)n1CCCC(F)(F)F)C(C)=C2/C=C\C=C/C. The van der Waals surface area contributed by atoms with Crippen LogP contribution in [0.4, 0.5) is 13.2 Å². The molecule has 1 aromatic rings. The Morgan fingerprint density at radius 1 is 1.18 bits per heavy atom. The Kier molecular flexibility index (Phi) is 9.43. The molecule has 0 unspecified atom stereocenters. The van der Waals surface area contributed by atoms with E-state index >= 15 is 0 Å². The first-order valence-corrected chi connectivity index (χ1v) is 13.9. The third-order valence-electron chi connectivity index (χ3n) is 7.95. The number of alkyl halides is 3. The lowest BCUT2D eigenvalue weighted by molar-refractivity contribution is -0.135. The van der Waals surface area contributed by atoms with Crippen molar-refractivity contribution in [1.29, 1.82) is 0 Å². The van der Waals surface area contributed by atoms with Crippen molar-refractivity contribution in [2.45, 2.75) is 92.9 Å². The molecule has 0 aromatic carbocycles. The van der Waals surface area contributed by atoms with Crippen LogP contribution in [0.25, 0.3) is 0 Å². The van der Waals surface area contributed by atoms with Crippen LogP contribution >= 0.6 is 0 Å². The summed E-state index contributed by atoms with van der Waals surface area (Å²) in [6, 6.07) is 0. The fraction of sp³-hybridized carbons (Fsp3) is 0.581. The van der Waals surface area contributed by atoms with Crippen LogP contribution in [0.2, 0.25) is 0 Å². The number of hydrogen-bond donors (Lipinski definition) is 0. The van der Waals surface area contributed by atoms with E-state index in [-0.39, 0.29) is 11.8 Å². The minimum Gasteiger partial charge on any atom is -0.372 e. The molecule has 0 bridgehead atoms. The van der Waals surface area contributed by atoms with Crippen LogP contribution in [-0.4, -0.2) is 38.6 Å². The third-order valence-corrected chi connectivity index (χ3v) is 7.95. The lowest BCUT2D eigenvalue weighted by Crippen LogP contribution is -2.57. The van der Waals surface area contributed by atoms with Gasteiger partial charge in [-0.2, -0.15) is 13.2 Å². The first-order chi connectivity index (χ1) is 17.9. The van der Waals surface area contributed by atoms with Crippen molar-refractivity contribution in [2.24, 2.45) is 11.3 Å². The molecule has 0 aliphatic carbocycles. The second-order valence-corrected chi connectivity index (χ2v) is 10.9. The molecule has 7 heteroatoms. The molecule has 1 aromatic heterocycles. The molecular weight excluding hydrogens is 485 g/mol. The second-order valence-electron chi connectivity index (χ2n) is 10.9. The van der Waals surface area contributed by atoms with Gasteiger partial charge in [-0.25, -0.2) is 4.98 Å². The fourth-order valence-corrected chi connectivity index (χ4v) is 5.78. The molecule has 0 saturated carbocycles. The third kappa shape index (κ3) is 5.97. The van der Waals surface area contributed by atoms with Gasteiger partial charge in [0.1, 0.15) is 5.82 Å². The predicted molar refractivity (Wildman–Crippen MR) is 150 cm³/mol. The number of halogens is 3. The number of likely N-dealkylation sites (tertiary alicyclic amines) is 1. The van der Waals surface area contributed by atoms with E-state index in [1.165, 1.54) is 5.57 Å². The van der Waals surface area contributed by atoms with Gasteiger partial charge in [0.15, 0.2) is 0 Å². The molecule has 1 fully saturated rings. The van der Waals surface area contributed by atoms with Crippen LogP contribution in [0.5, 0.6) is 0 Å². The quantitative estimate of drug-likeness (QED) is 0.256. The van der Waals surface area contributed by atoms with Crippen LogP contribution in [0.1, 0.15) is 78.0 Å². The molecule has 1 saturated heterocycles. The van der Waals surface area contributed by atoms with Gasteiger partial charge >= 0.3 is 6.18 Å². The minimum absolute atomic E-state index is 0.0503. The van der Waals surface area contributed by atoms with E-state index in [4.69, 9.17) is 4.98 Å². The Morgan fingerprint density at radius 3 is 2.42 bits per heavy atom. The Labute approximate surface area is 227 Å². The Hall–Kier alpha value is -2.70. The number of aryl methyl sites for hydroxylation is 1. The molecule has 210 valence electrons. The monoisotopic (exact) mass is 530 g/mol. The zero-order chi connectivity index (χ0) is 28.3. The molecule has 0 radical (unpaired) electrons. The highest BCUT2D eigenvalue weighted by atomic mass is 19.4. The minimum atomic E-state index is -4.15. The normalized spacial score (nSPS) is 17.8. The van der Waals surface area contributed by atoms with E-state index in [9.17, 15) is 13.2 Å². The fourth-order valence-electron chi connectivity index (χ4n) is 5.78. The lowest BCUT2D eigenvalue weighted by atomic mass is 9.71. The summed E-state index contributed by atoms with van der Waals surface area (Å²) in [5, 5.41) is 0. The predicted octanol–water partition coefficient (Wildman–Crippen LogP) is 7.95. The molecule has 3 heterocycles. The van der Waals surface area contributed by atoms with Gasteiger partial charge in [-0.15, -0.1) is 0 Å². The number of aromatic nitrogens is 2. The second kappa shape index (κ2) is 12.0. The molecule has 0 amide bonds. The zero-order valence-corrected chi connectivity index (χ0v) is 24.1. The highest BCUT2D eigenvalue weighted by Crippen LogP contribution is 2.54. The van der Waals surface area contributed by atoms with Crippen LogP contribution in [-0.2, 0) is 25.9 Å². The van der Waals surface area contributed by atoms with E-state index in [0.29, 0.717) is 19.0 Å². The van der Waals surface area contributed by atoms with Crippen molar-refractivity contribution in [3.63, 3.8) is 0 Å². The Bertz CT molecular complexity index is 1110. The summed E-state index contributed by atoms with van der Waals surface area (Å²) in [6.45, 7) is 24.0. The standard InChI is InChI=1S/C31H45F3N4/c1-9-12-13-16-26-24(7)38(25(8)30(26)20-36(21-30)23(6)22(4)5)19-29-35-27(15-10-2)28(11-3)37(29)18-14-17-31(32,33)34/h9,12-13,16,22H,6,8,10-11,14-15,17-21H2,1-5,7H3/b12-9-,16-13-. The molecule has 4 nitrogen and oxygen atoms in total. The first kappa shape index (κ1) is 29.9. The zero-order valence-electron chi connectivity index (χ0n) is 24.1. The maximum atomic E-state index is 13.0. The smallest absolute Gasteiger partial charge is 0.372 e. The number of rotatable bonds is 12. The van der Waals surface area contributed by atoms with Gasteiger partial charge in [0.25, 0.3) is 0 Å². The average Bonchev–Trinajstić information content (AvgIpc) is 3.24. The Balaban J connectivity index is 1.97. The van der Waals surface area contributed by atoms with E-state index in [0.717, 1.165) is 66.7 Å². The van der Waals surface area contributed by atoms with E-state index in [1.54, 1.807) is 0 Å². The number of allylic oxidation sites excluding steroid dienone is 6. The highest BCUT2D eigenvalue weighted by molar-refractivity contribution is 5.50. The van der Waals surface area contributed by atoms with Gasteiger partial charge in [-0.05, 0) is 44.6 Å². The highest BCUT2D eigenvalue weighted by Gasteiger charge is 2.54. The van der Waals surface area contributed by atoms with Gasteiger partial charge < -0.3 is 14.4 Å². The average molecular weight is 531 g/mol. The van der Waals surface area contributed by atoms with Crippen LogP contribution < -0.4 is 0 Å². The van der Waals surface area contributed by atoms with Crippen molar-refractivity contribution in [1.82, 2.24) is 19.4 Å². The number of imidazole rings is 1. The Morgan fingerprint density at radius 2 is 1.87 bits per heavy atom. The van der Waals surface area contributed by atoms with Crippen molar-refractivity contribution in [3.8, 4) is 0 Å². The summed E-state index contributed by atoms with van der Waals surface area (Å²) in [7, 11) is 0. The van der Waals surface area contributed by atoms with Crippen molar-refractivity contribution in [3.05, 3.63) is 77.3 Å². The van der Waals surface area contributed by atoms with Crippen molar-refractivity contribution >= 4 is 0 Å². The molecule has 3 rings (SSSR count). The summed E-state index contributed by atoms with van der Waals surface area (Å²) in [4.78, 5) is 9.57. The summed E-state index contributed by atoms with van der Waals surface area (Å²) in [5.74, 6) is 1.20. The van der Waals surface area contributed by atoms with E-state index < -0.39 is 12.6 Å². The lowest BCUT2D eigenvalue weighted by Gasteiger charge is -2.52. The molecule has 2 aliphatic rings. The van der Waals surface area contributed by atoms with Gasteiger partial charge in [0, 0.05) is 48.8 Å². The molecule has 2 aliphatic heterocycles. The summed E-state index contributed by atoms with van der Waals surface area (Å²) >= 11 is 0. The maximum absolute atomic E-state index is 13.0. The van der Waals surface area contributed by atoms with Gasteiger partial charge in [-0.1, -0.05) is 71.6 Å². The number of nitrogens with zero attached hydrogens (tertiary/aromatic N) is 4. The van der Waals surface area contributed by atoms with Crippen molar-refractivity contribution in [2.75, 3.05) is 13.1 Å². The summed E-state index contributed by atoms with van der Waals surface area (Å²) < 4.78 is 40.9. The molecular formula is C31H45F3N4. The van der Waals surface area contributed by atoms with Gasteiger partial charge in [0.05, 0.1) is 17.7 Å². The van der Waals surface area contributed by atoms with Crippen molar-refractivity contribution < 1.29 is 13.2 Å². The van der Waals surface area contributed by atoms with E-state index in [1.807, 2.05) is 23.6 Å². The van der Waals surface area contributed by atoms with E-state index in [2.05, 4.69) is 69.7 Å². The first-order valence-electron chi connectivity index (χ1n) is 13.9. The molecule has 38 heavy (non-hydrogen) atoms. The van der Waals surface area contributed by atoms with Gasteiger partial charge in [0.2, 0.25) is 0 Å². The van der Waals surface area contributed by atoms with Gasteiger partial charge in [-0.3, -0.25) is 0 Å². The maximum Gasteiger partial charge on any atom is 0.389 e. The largest absolute Gasteiger partial charge is 0.389 e.